The summed E-state index contributed by atoms with van der Waals surface area (Å²) in [4.78, 5) is 36.3. The van der Waals surface area contributed by atoms with Crippen LogP contribution in [0.5, 0.6) is 11.5 Å². The number of aryl methyl sites for hydroxylation is 1. The molecule has 176 valence electrons. The highest BCUT2D eigenvalue weighted by atomic mass is 16.6. The summed E-state index contributed by atoms with van der Waals surface area (Å²) in [6.07, 6.45) is 4.43. The number of rotatable bonds is 11. The predicted octanol–water partition coefficient (Wildman–Crippen LogP) is 4.47. The van der Waals surface area contributed by atoms with Crippen LogP contribution in [0.3, 0.4) is 0 Å². The first-order chi connectivity index (χ1) is 15.8. The number of esters is 1. The molecule has 0 aliphatic heterocycles. The van der Waals surface area contributed by atoms with Crippen molar-refractivity contribution < 1.29 is 28.7 Å². The third kappa shape index (κ3) is 7.06. The van der Waals surface area contributed by atoms with Crippen molar-refractivity contribution in [2.75, 3.05) is 32.3 Å². The topological polar surface area (TPSA) is 108 Å². The zero-order valence-corrected chi connectivity index (χ0v) is 19.2. The zero-order valence-electron chi connectivity index (χ0n) is 19.2. The highest BCUT2D eigenvalue weighted by Gasteiger charge is 2.22. The van der Waals surface area contributed by atoms with E-state index in [0.29, 0.717) is 37.5 Å². The number of anilines is 1. The Balaban J connectivity index is 2.11. The van der Waals surface area contributed by atoms with E-state index in [0.717, 1.165) is 5.56 Å². The van der Waals surface area contributed by atoms with Gasteiger partial charge in [-0.05, 0) is 50.5 Å². The third-order valence-electron chi connectivity index (χ3n) is 4.72. The van der Waals surface area contributed by atoms with E-state index in [4.69, 9.17) is 14.2 Å². The molecule has 0 radical (unpaired) electrons. The fraction of sp³-hybridized carbons (Fsp3) is 0.333. The monoisotopic (exact) mass is 456 g/mol. The molecule has 0 heterocycles. The van der Waals surface area contributed by atoms with Crippen LogP contribution in [-0.4, -0.2) is 44.2 Å². The Morgan fingerprint density at radius 3 is 2.58 bits per heavy atom. The van der Waals surface area contributed by atoms with E-state index in [2.05, 4.69) is 0 Å². The van der Waals surface area contributed by atoms with Gasteiger partial charge in [0.15, 0.2) is 5.75 Å². The molecule has 0 aliphatic rings. The smallest absolute Gasteiger partial charge is 0.330 e. The summed E-state index contributed by atoms with van der Waals surface area (Å²) < 4.78 is 15.8. The molecule has 0 aliphatic carbocycles. The van der Waals surface area contributed by atoms with Crippen LogP contribution in [-0.2, 0) is 9.53 Å². The van der Waals surface area contributed by atoms with Gasteiger partial charge < -0.3 is 19.1 Å². The van der Waals surface area contributed by atoms with Gasteiger partial charge in [-0.15, -0.1) is 0 Å². The van der Waals surface area contributed by atoms with Crippen molar-refractivity contribution in [3.8, 4) is 11.5 Å². The number of nitro groups is 1. The van der Waals surface area contributed by atoms with E-state index in [1.54, 1.807) is 26.1 Å². The maximum absolute atomic E-state index is 13.1. The van der Waals surface area contributed by atoms with Gasteiger partial charge in [0, 0.05) is 30.8 Å². The molecule has 33 heavy (non-hydrogen) atoms. The summed E-state index contributed by atoms with van der Waals surface area (Å²) in [6, 6.07) is 9.47. The van der Waals surface area contributed by atoms with Crippen LogP contribution in [0, 0.1) is 17.0 Å². The van der Waals surface area contributed by atoms with Crippen LogP contribution in [0.25, 0.3) is 0 Å². The van der Waals surface area contributed by atoms with E-state index in [1.807, 2.05) is 19.1 Å². The molecule has 0 atom stereocenters. The van der Waals surface area contributed by atoms with Crippen molar-refractivity contribution in [3.05, 3.63) is 69.8 Å². The lowest BCUT2D eigenvalue weighted by Gasteiger charge is -2.21. The van der Waals surface area contributed by atoms with Crippen molar-refractivity contribution in [2.24, 2.45) is 0 Å². The second kappa shape index (κ2) is 12.2. The summed E-state index contributed by atoms with van der Waals surface area (Å²) in [7, 11) is 2.92. The van der Waals surface area contributed by atoms with Crippen molar-refractivity contribution in [2.45, 2.75) is 26.7 Å². The fourth-order valence-corrected chi connectivity index (χ4v) is 3.03. The van der Waals surface area contributed by atoms with Crippen LogP contribution in [0.2, 0.25) is 0 Å². The molecule has 0 saturated carbocycles. The molecule has 0 aromatic heterocycles. The van der Waals surface area contributed by atoms with Gasteiger partial charge in [0.2, 0.25) is 0 Å². The first kappa shape index (κ1) is 25.4. The quantitative estimate of drug-likeness (QED) is 0.161. The van der Waals surface area contributed by atoms with E-state index < -0.39 is 4.92 Å². The Morgan fingerprint density at radius 1 is 1.15 bits per heavy atom. The number of ether oxygens (including phenoxy) is 3. The molecule has 0 saturated heterocycles. The minimum absolute atomic E-state index is 0.00972. The van der Waals surface area contributed by atoms with Crippen LogP contribution in [0.1, 0.15) is 35.7 Å². The summed E-state index contributed by atoms with van der Waals surface area (Å²) >= 11 is 0. The maximum atomic E-state index is 13.1. The number of amides is 1. The number of nitrogens with zero attached hydrogens (tertiary/aromatic N) is 2. The minimum Gasteiger partial charge on any atom is -0.491 e. The number of methoxy groups -OCH3 is 1. The summed E-state index contributed by atoms with van der Waals surface area (Å²) in [5.74, 6) is -0.193. The van der Waals surface area contributed by atoms with Crippen molar-refractivity contribution >= 4 is 23.3 Å². The lowest BCUT2D eigenvalue weighted by Crippen LogP contribution is -2.27. The molecule has 1 amide bonds. The van der Waals surface area contributed by atoms with Crippen molar-refractivity contribution in [1.29, 1.82) is 0 Å². The largest absolute Gasteiger partial charge is 0.491 e. The summed E-state index contributed by atoms with van der Waals surface area (Å²) in [5, 5.41) is 11.1. The molecule has 2 aromatic rings. The van der Waals surface area contributed by atoms with Crippen LogP contribution in [0.4, 0.5) is 11.4 Å². The number of hydrogen-bond donors (Lipinski definition) is 0. The molecule has 2 rings (SSSR count). The third-order valence-corrected chi connectivity index (χ3v) is 4.72. The SMILES string of the molecule is CCOC(=O)C=CCCCOc1cc(C)ccc1N(C)C(=O)c1ccc([N+](=O)[O-])c(OC)c1. The first-order valence-corrected chi connectivity index (χ1v) is 10.5. The molecular formula is C24H28N2O7. The van der Waals surface area contributed by atoms with Gasteiger partial charge in [-0.1, -0.05) is 12.1 Å². The lowest BCUT2D eigenvalue weighted by molar-refractivity contribution is -0.385. The van der Waals surface area contributed by atoms with Gasteiger partial charge in [-0.3, -0.25) is 14.9 Å². The van der Waals surface area contributed by atoms with Crippen LogP contribution < -0.4 is 14.4 Å². The number of benzene rings is 2. The Hall–Kier alpha value is -3.88. The summed E-state index contributed by atoms with van der Waals surface area (Å²) in [6.45, 7) is 4.39. The second-order valence-corrected chi connectivity index (χ2v) is 7.12. The number of unbranched alkanes of at least 4 members (excludes halogenated alkanes) is 1. The molecule has 2 aromatic carbocycles. The number of nitro benzene ring substituents is 1. The van der Waals surface area contributed by atoms with Crippen molar-refractivity contribution in [1.82, 2.24) is 0 Å². The Bertz CT molecular complexity index is 1030. The highest BCUT2D eigenvalue weighted by Crippen LogP contribution is 2.32. The molecular weight excluding hydrogens is 428 g/mol. The normalized spacial score (nSPS) is 10.7. The molecule has 0 N–H and O–H groups in total. The number of carbonyl (C=O) groups is 2. The van der Waals surface area contributed by atoms with E-state index in [9.17, 15) is 19.7 Å². The average Bonchev–Trinajstić information content (AvgIpc) is 2.80. The van der Waals surface area contributed by atoms with Gasteiger partial charge in [0.25, 0.3) is 5.91 Å². The summed E-state index contributed by atoms with van der Waals surface area (Å²) in [5.41, 5.74) is 1.56. The minimum atomic E-state index is -0.565. The van der Waals surface area contributed by atoms with Gasteiger partial charge in [0.05, 0.1) is 30.9 Å². The van der Waals surface area contributed by atoms with E-state index >= 15 is 0 Å². The predicted molar refractivity (Wildman–Crippen MR) is 124 cm³/mol. The standard InChI is InChI=1S/C24H28N2O7/c1-5-32-23(27)9-7-6-8-14-33-22-15-17(2)10-12-19(22)25(3)24(28)18-11-13-20(26(29)30)21(16-18)31-4/h7,9-13,15-16H,5-6,8,14H2,1-4H3. The average molecular weight is 456 g/mol. The molecule has 9 nitrogen and oxygen atoms in total. The molecule has 0 bridgehead atoms. The highest BCUT2D eigenvalue weighted by molar-refractivity contribution is 6.07. The van der Waals surface area contributed by atoms with Crippen molar-refractivity contribution in [3.63, 3.8) is 0 Å². The molecule has 0 fully saturated rings. The molecule has 0 unspecified atom stereocenters. The molecule has 9 heteroatoms. The zero-order chi connectivity index (χ0) is 24.4. The van der Waals surface area contributed by atoms with Gasteiger partial charge in [-0.2, -0.15) is 0 Å². The van der Waals surface area contributed by atoms with E-state index in [1.165, 1.54) is 36.3 Å². The number of carbonyl (C=O) groups excluding carboxylic acids is 2. The van der Waals surface area contributed by atoms with Gasteiger partial charge >= 0.3 is 11.7 Å². The number of allylic oxidation sites excluding steroid dienone is 1. The van der Waals surface area contributed by atoms with Crippen LogP contribution in [0.15, 0.2) is 48.6 Å². The van der Waals surface area contributed by atoms with Gasteiger partial charge in [0.1, 0.15) is 5.75 Å². The van der Waals surface area contributed by atoms with Crippen LogP contribution >= 0.6 is 0 Å². The Labute approximate surface area is 192 Å². The van der Waals surface area contributed by atoms with Gasteiger partial charge in [-0.25, -0.2) is 4.79 Å². The maximum Gasteiger partial charge on any atom is 0.330 e. The Morgan fingerprint density at radius 2 is 1.91 bits per heavy atom. The molecule has 0 spiro atoms. The fourth-order valence-electron chi connectivity index (χ4n) is 3.03. The Kier molecular flexibility index (Phi) is 9.41. The lowest BCUT2D eigenvalue weighted by atomic mass is 10.1. The first-order valence-electron chi connectivity index (χ1n) is 10.5. The van der Waals surface area contributed by atoms with E-state index in [-0.39, 0.29) is 28.9 Å². The number of hydrogen-bond acceptors (Lipinski definition) is 7. The second-order valence-electron chi connectivity index (χ2n) is 7.12.